The number of nitrogen functional groups attached to an aromatic ring is 3. The van der Waals surface area contributed by atoms with E-state index in [1.165, 1.54) is 11.8 Å². The first-order valence-electron chi connectivity index (χ1n) is 42.1. The van der Waals surface area contributed by atoms with Crippen LogP contribution < -0.4 is 22.5 Å². The second-order valence-electron chi connectivity index (χ2n) is 31.7. The Bertz CT molecular complexity index is 6080. The standard InChI is InChI=1S/C34H33N5O3.C27H24N4O.C19H18BrN3O.C13H15NO3.C7H10N2/c1-23(40)38-19-6-10-31(38)34(42)35-27-16-13-24(14-17-27)11-12-26-15-18-28-29(21-26)37-33(36-28)30-9-5-20-39(30)32(41)22-25-7-3-2-4-8-25;28-22-13-10-19(11-14-22)8-9-21-12-15-23-24(17-21)30-27(29-23)25-7-4-16-31(25)26(32)18-20-5-2-1-3-6-20;20-14-8-9-15-16(12-14)22-19(21-15)17-7-4-10-23(17)18(24)11-13-5-2-1-3-6-13;15-12(9-10-5-2-1-3-6-10)14-8-4-7-11(14)13(16)17;1-5-2-3-6(8)7(9)4-5/h2-4,7-8,13-18,21,30-31H,5-6,9-10,19-20,22H2,1H3,(H,35,42)(H,36,37);1-3,5-6,10-15,17,25H,4,7,16,18,28H2,(H,29,30);1-3,5-6,8-9,12,17H,4,7,10-11H2,(H,21,22);1-3,5-6,11H,4,7-9H2,(H,16,17);2-4H,8-9H2,1H3/t30-,31-;25-;17-;11-;/m0000./s1. The van der Waals surface area contributed by atoms with Crippen LogP contribution in [0.3, 0.4) is 0 Å². The second-order valence-corrected chi connectivity index (χ2v) is 32.6. The number of aromatic amines is 3. The predicted octanol–water partition coefficient (Wildman–Crippen LogP) is 16.0. The number of nitrogens with zero attached hydrogens (tertiary/aromatic N) is 8. The van der Waals surface area contributed by atoms with Crippen LogP contribution in [0.1, 0.15) is 157 Å². The van der Waals surface area contributed by atoms with E-state index in [9.17, 15) is 33.6 Å². The van der Waals surface area contributed by atoms with Crippen molar-refractivity contribution in [1.82, 2.24) is 54.4 Å². The molecule has 0 spiro atoms. The quantitative estimate of drug-likeness (QED) is 0.0371. The van der Waals surface area contributed by atoms with Crippen LogP contribution in [0.25, 0.3) is 33.1 Å². The van der Waals surface area contributed by atoms with E-state index in [1.807, 2.05) is 264 Å². The lowest BCUT2D eigenvalue weighted by molar-refractivity contribution is -0.148. The minimum atomic E-state index is -0.899. The summed E-state index contributed by atoms with van der Waals surface area (Å²) < 4.78 is 1.02. The molecular formula is C100H100BrN15O8. The summed E-state index contributed by atoms with van der Waals surface area (Å²) >= 11 is 3.49. The smallest absolute Gasteiger partial charge is 0.326 e. The number of anilines is 4. The van der Waals surface area contributed by atoms with Gasteiger partial charge in [0.05, 0.1) is 88.3 Å². The van der Waals surface area contributed by atoms with Crippen molar-refractivity contribution in [2.24, 2.45) is 0 Å². The number of carboxylic acid groups (broad SMARTS) is 1. The summed E-state index contributed by atoms with van der Waals surface area (Å²) in [5, 5.41) is 11.9. The number of rotatable bonds is 14. The third kappa shape index (κ3) is 22.5. The molecule has 18 rings (SSSR count). The summed E-state index contributed by atoms with van der Waals surface area (Å²) in [5.41, 5.74) is 33.6. The molecule has 0 unspecified atom stereocenters. The van der Waals surface area contributed by atoms with Crippen LogP contribution in [-0.4, -0.2) is 146 Å². The zero-order valence-electron chi connectivity index (χ0n) is 69.4. The number of hydrogen-bond donors (Lipinski definition) is 8. The normalized spacial score (nSPS) is 16.9. The third-order valence-electron chi connectivity index (χ3n) is 22.7. The summed E-state index contributed by atoms with van der Waals surface area (Å²) in [6.45, 7) is 6.98. The molecule has 0 bridgehead atoms. The van der Waals surface area contributed by atoms with Crippen LogP contribution in [0.4, 0.5) is 22.7 Å². The molecular weight excluding hydrogens is 1620 g/mol. The summed E-state index contributed by atoms with van der Waals surface area (Å²) in [6.07, 6.45) is 10.1. The number of fused-ring (bicyclic) bond motifs is 3. The first kappa shape index (κ1) is 86.3. The van der Waals surface area contributed by atoms with Gasteiger partial charge in [0.2, 0.25) is 35.4 Å². The van der Waals surface area contributed by atoms with Crippen molar-refractivity contribution in [2.75, 3.05) is 55.2 Å². The maximum Gasteiger partial charge on any atom is 0.326 e. The molecule has 5 aliphatic rings. The Labute approximate surface area is 729 Å². The average Bonchev–Trinajstić information content (AvgIpc) is 1.65. The SMILES string of the molecule is CC(=O)N1CCC[C@H]1C(=O)Nc1ccc(C#Cc2ccc3nc([C@@H]4CCCN4C(=O)Cc4ccccc4)[nH]c3c2)cc1.Cc1ccc(N)c(N)c1.Nc1ccc(C#Cc2ccc3nc([C@@H]4CCCN4C(=O)Cc4ccccc4)[nH]c3c2)cc1.O=C(Cc1ccccc1)N1CCC[C@H]1c1nc2ccc(Br)cc2[nH]1.O=C(O)[C@@H]1CCCN1C(=O)Cc1ccccc1. The molecule has 5 saturated heterocycles. The third-order valence-corrected chi connectivity index (χ3v) is 23.2. The van der Waals surface area contributed by atoms with Gasteiger partial charge in [-0.05, 0) is 214 Å². The number of benzene rings is 10. The monoisotopic (exact) mass is 1720 g/mol. The first-order chi connectivity index (χ1) is 60.2. The Morgan fingerprint density at radius 3 is 1.16 bits per heavy atom. The van der Waals surface area contributed by atoms with Crippen LogP contribution in [-0.2, 0) is 59.2 Å². The van der Waals surface area contributed by atoms with Crippen LogP contribution in [0.5, 0.6) is 0 Å². The maximum absolute atomic E-state index is 13.1. The minimum Gasteiger partial charge on any atom is -0.480 e. The highest BCUT2D eigenvalue weighted by Gasteiger charge is 2.37. The molecule has 0 saturated carbocycles. The predicted molar refractivity (Wildman–Crippen MR) is 488 cm³/mol. The number of nitrogens with two attached hydrogens (primary N) is 3. The second kappa shape index (κ2) is 41.0. The van der Waals surface area contributed by atoms with E-state index in [0.717, 1.165) is 182 Å². The summed E-state index contributed by atoms with van der Waals surface area (Å²) in [6, 6.07) is 76.4. The van der Waals surface area contributed by atoms with Crippen molar-refractivity contribution in [1.29, 1.82) is 0 Å². The van der Waals surface area contributed by atoms with E-state index in [4.69, 9.17) is 37.3 Å². The molecule has 6 amide bonds. The Morgan fingerprint density at radius 2 is 0.758 bits per heavy atom. The lowest BCUT2D eigenvalue weighted by Crippen LogP contribution is -2.42. The number of H-pyrrole nitrogens is 3. The number of carbonyl (C=O) groups is 7. The number of carboxylic acids is 1. The van der Waals surface area contributed by atoms with Gasteiger partial charge in [-0.1, -0.05) is 167 Å². The van der Waals surface area contributed by atoms with E-state index in [-0.39, 0.29) is 60.0 Å². The molecule has 630 valence electrons. The molecule has 0 radical (unpaired) electrons. The van der Waals surface area contributed by atoms with Gasteiger partial charge in [-0.3, -0.25) is 28.8 Å². The fourth-order valence-electron chi connectivity index (χ4n) is 16.4. The molecule has 24 heteroatoms. The molecule has 5 atom stereocenters. The molecule has 124 heavy (non-hydrogen) atoms. The van der Waals surface area contributed by atoms with Gasteiger partial charge in [-0.25, -0.2) is 19.7 Å². The van der Waals surface area contributed by atoms with Gasteiger partial charge in [0.15, 0.2) is 0 Å². The van der Waals surface area contributed by atoms with Crippen LogP contribution in [0, 0.1) is 30.6 Å². The van der Waals surface area contributed by atoms with Gasteiger partial charge in [0.25, 0.3) is 0 Å². The Morgan fingerprint density at radius 1 is 0.403 bits per heavy atom. The average molecular weight is 1720 g/mol. The van der Waals surface area contributed by atoms with Gasteiger partial charge in [-0.15, -0.1) is 0 Å². The lowest BCUT2D eigenvalue weighted by atomic mass is 10.1. The molecule has 13 aromatic rings. The number of hydrogen-bond acceptors (Lipinski definition) is 13. The lowest BCUT2D eigenvalue weighted by Gasteiger charge is -2.23. The van der Waals surface area contributed by atoms with Crippen LogP contribution in [0.2, 0.25) is 0 Å². The number of likely N-dealkylation sites (tertiary alicyclic amines) is 5. The molecule has 3 aromatic heterocycles. The summed E-state index contributed by atoms with van der Waals surface area (Å²) in [7, 11) is 0. The van der Waals surface area contributed by atoms with E-state index >= 15 is 0 Å². The topological polar surface area (TPSA) is 332 Å². The number of imidazole rings is 3. The first-order valence-corrected chi connectivity index (χ1v) is 42.9. The van der Waals surface area contributed by atoms with Gasteiger partial charge < -0.3 is 67.1 Å². The van der Waals surface area contributed by atoms with Crippen molar-refractivity contribution >= 4 is 113 Å². The Kier molecular flexibility index (Phi) is 28.5. The van der Waals surface area contributed by atoms with E-state index in [0.29, 0.717) is 62.3 Å². The zero-order chi connectivity index (χ0) is 86.6. The van der Waals surface area contributed by atoms with Crippen molar-refractivity contribution < 1.29 is 38.7 Å². The Hall–Kier alpha value is -14.1. The number of aryl methyl sites for hydroxylation is 1. The molecule has 23 nitrogen and oxygen atoms in total. The fraction of sp³-hybridized carbons (Fsp3) is 0.260. The molecule has 0 aliphatic carbocycles. The van der Waals surface area contributed by atoms with E-state index in [1.54, 1.807) is 4.90 Å². The number of amides is 6. The zero-order valence-corrected chi connectivity index (χ0v) is 71.0. The highest BCUT2D eigenvalue weighted by atomic mass is 79.9. The van der Waals surface area contributed by atoms with Crippen molar-refractivity contribution in [3.63, 3.8) is 0 Å². The largest absolute Gasteiger partial charge is 0.480 e. The fourth-order valence-corrected chi connectivity index (χ4v) is 16.7. The summed E-state index contributed by atoms with van der Waals surface area (Å²) in [4.78, 5) is 120. The van der Waals surface area contributed by atoms with Crippen LogP contribution >= 0.6 is 15.9 Å². The highest BCUT2D eigenvalue weighted by molar-refractivity contribution is 9.10. The van der Waals surface area contributed by atoms with E-state index < -0.39 is 18.1 Å². The van der Waals surface area contributed by atoms with Crippen molar-refractivity contribution in [3.05, 3.63) is 315 Å². The number of carbonyl (C=O) groups excluding carboxylic acids is 6. The van der Waals surface area contributed by atoms with Gasteiger partial charge in [-0.2, -0.15) is 0 Å². The molecule has 10 aromatic carbocycles. The molecule has 5 aliphatic heterocycles. The summed E-state index contributed by atoms with van der Waals surface area (Å²) in [5.74, 6) is 14.5. The van der Waals surface area contributed by atoms with E-state index in [2.05, 4.69) is 59.9 Å². The number of aliphatic carboxylic acids is 1. The highest BCUT2D eigenvalue weighted by Crippen LogP contribution is 2.36. The maximum atomic E-state index is 13.1. The van der Waals surface area contributed by atoms with Gasteiger partial charge >= 0.3 is 5.97 Å². The van der Waals surface area contributed by atoms with Crippen molar-refractivity contribution in [2.45, 2.75) is 134 Å². The number of halogens is 1. The van der Waals surface area contributed by atoms with Gasteiger partial charge in [0, 0.05) is 77.7 Å². The number of nitrogens with one attached hydrogen (secondary N) is 4. The van der Waals surface area contributed by atoms with Crippen LogP contribution in [0.15, 0.2) is 247 Å². The van der Waals surface area contributed by atoms with Crippen molar-refractivity contribution in [3.8, 4) is 23.7 Å². The molecule has 8 heterocycles. The molecule has 5 fully saturated rings. The Balaban J connectivity index is 0.000000135. The van der Waals surface area contributed by atoms with Gasteiger partial charge in [0.1, 0.15) is 29.6 Å². The number of aromatic nitrogens is 6. The molecule has 11 N–H and O–H groups in total. The minimum absolute atomic E-state index is 0.0112.